The minimum atomic E-state index is -0.367. The molecule has 0 aromatic heterocycles. The summed E-state index contributed by atoms with van der Waals surface area (Å²) in [4.78, 5) is 25.0. The Kier molecular flexibility index (Phi) is 5.85. The van der Waals surface area contributed by atoms with Crippen molar-refractivity contribution in [2.45, 2.75) is 0 Å². The van der Waals surface area contributed by atoms with Gasteiger partial charge in [0, 0.05) is 20.2 Å². The third-order valence-corrected chi connectivity index (χ3v) is 3.37. The molecule has 7 nitrogen and oxygen atoms in total. The summed E-state index contributed by atoms with van der Waals surface area (Å²) in [6.07, 6.45) is 0. The van der Waals surface area contributed by atoms with Crippen LogP contribution in [0.1, 0.15) is 0 Å². The molecular weight excluding hydrogens is 310 g/mol. The number of hydrogen-bond donors (Lipinski definition) is 2. The lowest BCUT2D eigenvalue weighted by Gasteiger charge is -2.27. The molecule has 1 heterocycles. The number of methoxy groups -OCH3 is 1. The van der Waals surface area contributed by atoms with Crippen molar-refractivity contribution >= 4 is 29.2 Å². The van der Waals surface area contributed by atoms with Gasteiger partial charge in [-0.05, 0) is 12.1 Å². The number of urea groups is 1. The van der Waals surface area contributed by atoms with Crippen molar-refractivity contribution in [2.24, 2.45) is 0 Å². The van der Waals surface area contributed by atoms with Gasteiger partial charge in [-0.25, -0.2) is 4.79 Å². The number of benzene rings is 1. The van der Waals surface area contributed by atoms with Gasteiger partial charge in [0.1, 0.15) is 13.2 Å². The molecule has 1 aliphatic rings. The van der Waals surface area contributed by atoms with E-state index in [0.29, 0.717) is 42.8 Å². The molecule has 2 N–H and O–H groups in total. The minimum absolute atomic E-state index is 0.0340. The van der Waals surface area contributed by atoms with Crippen LogP contribution in [0.15, 0.2) is 18.2 Å². The highest BCUT2D eigenvalue weighted by atomic mass is 35.5. The molecule has 1 aromatic carbocycles. The summed E-state index contributed by atoms with van der Waals surface area (Å²) >= 11 is 6.11. The van der Waals surface area contributed by atoms with Crippen molar-refractivity contribution < 1.29 is 19.1 Å². The average molecular weight is 328 g/mol. The first kappa shape index (κ1) is 16.4. The van der Waals surface area contributed by atoms with Crippen molar-refractivity contribution in [3.8, 4) is 5.75 Å². The molecule has 0 aliphatic carbocycles. The third-order valence-electron chi connectivity index (χ3n) is 3.07. The zero-order chi connectivity index (χ0) is 15.9. The van der Waals surface area contributed by atoms with Gasteiger partial charge < -0.3 is 25.0 Å². The number of ether oxygens (including phenoxy) is 2. The number of carbonyl (C=O) groups excluding carboxylic acids is 2. The molecule has 0 unspecified atom stereocenters. The van der Waals surface area contributed by atoms with Crippen molar-refractivity contribution in [3.63, 3.8) is 0 Å². The van der Waals surface area contributed by atoms with E-state index in [4.69, 9.17) is 21.1 Å². The summed E-state index contributed by atoms with van der Waals surface area (Å²) in [6, 6.07) is 4.71. The SMILES string of the molecule is COCCOc1c(Cl)cccc1NC(=O)N1CCNC(=O)C1. The number of piperazine rings is 1. The van der Waals surface area contributed by atoms with E-state index < -0.39 is 0 Å². The highest BCUT2D eigenvalue weighted by molar-refractivity contribution is 6.32. The van der Waals surface area contributed by atoms with E-state index in [2.05, 4.69) is 10.6 Å². The maximum atomic E-state index is 12.2. The molecule has 22 heavy (non-hydrogen) atoms. The lowest BCUT2D eigenvalue weighted by atomic mass is 10.3. The van der Waals surface area contributed by atoms with E-state index in [0.717, 1.165) is 0 Å². The lowest BCUT2D eigenvalue weighted by molar-refractivity contribution is -0.123. The molecule has 0 spiro atoms. The van der Waals surface area contributed by atoms with Crippen LogP contribution < -0.4 is 15.4 Å². The molecule has 0 atom stereocenters. The van der Waals surface area contributed by atoms with Crippen LogP contribution in [0.2, 0.25) is 5.02 Å². The highest BCUT2D eigenvalue weighted by Gasteiger charge is 2.22. The molecule has 0 saturated carbocycles. The second-order valence-corrected chi connectivity index (χ2v) is 5.07. The van der Waals surface area contributed by atoms with Crippen LogP contribution in [0, 0.1) is 0 Å². The van der Waals surface area contributed by atoms with Crippen LogP contribution in [0.4, 0.5) is 10.5 Å². The van der Waals surface area contributed by atoms with Crippen molar-refractivity contribution in [1.82, 2.24) is 10.2 Å². The first-order chi connectivity index (χ1) is 10.6. The molecule has 1 saturated heterocycles. The topological polar surface area (TPSA) is 79.9 Å². The number of anilines is 1. The van der Waals surface area contributed by atoms with Crippen molar-refractivity contribution in [3.05, 3.63) is 23.2 Å². The fourth-order valence-electron chi connectivity index (χ4n) is 1.99. The van der Waals surface area contributed by atoms with Gasteiger partial charge in [-0.15, -0.1) is 0 Å². The van der Waals surface area contributed by atoms with Crippen LogP contribution in [0.3, 0.4) is 0 Å². The van der Waals surface area contributed by atoms with E-state index >= 15 is 0 Å². The number of amides is 3. The highest BCUT2D eigenvalue weighted by Crippen LogP contribution is 2.33. The molecule has 2 rings (SSSR count). The number of halogens is 1. The third kappa shape index (κ3) is 4.25. The Hall–Kier alpha value is -1.99. The first-order valence-corrected chi connectivity index (χ1v) is 7.22. The fraction of sp³-hybridized carbons (Fsp3) is 0.429. The molecule has 1 fully saturated rings. The van der Waals surface area contributed by atoms with E-state index in [9.17, 15) is 9.59 Å². The number of nitrogens with zero attached hydrogens (tertiary/aromatic N) is 1. The Morgan fingerprint density at radius 1 is 1.45 bits per heavy atom. The Balaban J connectivity index is 2.06. The Bertz CT molecular complexity index is 553. The van der Waals surface area contributed by atoms with E-state index in [1.54, 1.807) is 25.3 Å². The van der Waals surface area contributed by atoms with Crippen LogP contribution in [0.25, 0.3) is 0 Å². The zero-order valence-electron chi connectivity index (χ0n) is 12.2. The normalized spacial score (nSPS) is 14.5. The second-order valence-electron chi connectivity index (χ2n) is 4.66. The van der Waals surface area contributed by atoms with Gasteiger partial charge in [-0.3, -0.25) is 4.79 Å². The quantitative estimate of drug-likeness (QED) is 0.800. The minimum Gasteiger partial charge on any atom is -0.487 e. The second kappa shape index (κ2) is 7.86. The number of nitrogens with one attached hydrogen (secondary N) is 2. The van der Waals surface area contributed by atoms with Crippen LogP contribution >= 0.6 is 11.6 Å². The number of rotatable bonds is 5. The van der Waals surface area contributed by atoms with Gasteiger partial charge in [-0.2, -0.15) is 0 Å². The van der Waals surface area contributed by atoms with Gasteiger partial charge in [0.15, 0.2) is 5.75 Å². The van der Waals surface area contributed by atoms with E-state index in [-0.39, 0.29) is 18.5 Å². The number of para-hydroxylation sites is 1. The Morgan fingerprint density at radius 3 is 3.00 bits per heavy atom. The van der Waals surface area contributed by atoms with E-state index in [1.165, 1.54) is 4.90 Å². The van der Waals surface area contributed by atoms with Crippen LogP contribution in [-0.4, -0.2) is 56.8 Å². The zero-order valence-corrected chi connectivity index (χ0v) is 13.0. The van der Waals surface area contributed by atoms with Gasteiger partial charge >= 0.3 is 6.03 Å². The lowest BCUT2D eigenvalue weighted by Crippen LogP contribution is -2.51. The standard InChI is InChI=1S/C14H18ClN3O4/c1-21-7-8-22-13-10(15)3-2-4-11(13)17-14(20)18-6-5-16-12(19)9-18/h2-4H,5-9H2,1H3,(H,16,19)(H,17,20). The first-order valence-electron chi connectivity index (χ1n) is 6.84. The van der Waals surface area contributed by atoms with Gasteiger partial charge in [0.25, 0.3) is 0 Å². The molecular formula is C14H18ClN3O4. The monoisotopic (exact) mass is 327 g/mol. The molecule has 120 valence electrons. The molecule has 1 aromatic rings. The smallest absolute Gasteiger partial charge is 0.322 e. The largest absolute Gasteiger partial charge is 0.487 e. The molecule has 8 heteroatoms. The van der Waals surface area contributed by atoms with Crippen molar-refractivity contribution in [2.75, 3.05) is 45.3 Å². The Labute approximate surface area is 133 Å². The van der Waals surface area contributed by atoms with Gasteiger partial charge in [0.05, 0.1) is 17.3 Å². The predicted molar refractivity (Wildman–Crippen MR) is 82.4 cm³/mol. The van der Waals surface area contributed by atoms with Crippen LogP contribution in [-0.2, 0) is 9.53 Å². The van der Waals surface area contributed by atoms with E-state index in [1.807, 2.05) is 0 Å². The van der Waals surface area contributed by atoms with Gasteiger partial charge in [-0.1, -0.05) is 17.7 Å². The molecule has 3 amide bonds. The molecule has 1 aliphatic heterocycles. The number of hydrogen-bond acceptors (Lipinski definition) is 4. The summed E-state index contributed by atoms with van der Waals surface area (Å²) in [7, 11) is 1.57. The summed E-state index contributed by atoms with van der Waals surface area (Å²) in [5.41, 5.74) is 0.458. The number of carbonyl (C=O) groups is 2. The Morgan fingerprint density at radius 2 is 2.27 bits per heavy atom. The maximum absolute atomic E-state index is 12.2. The predicted octanol–water partition coefficient (Wildman–Crippen LogP) is 1.33. The summed E-state index contributed by atoms with van der Waals surface area (Å²) in [5, 5.41) is 5.78. The summed E-state index contributed by atoms with van der Waals surface area (Å²) in [5.74, 6) is 0.208. The maximum Gasteiger partial charge on any atom is 0.322 e. The molecule has 0 radical (unpaired) electrons. The van der Waals surface area contributed by atoms with Crippen LogP contribution in [0.5, 0.6) is 5.75 Å². The van der Waals surface area contributed by atoms with Gasteiger partial charge in [0.2, 0.25) is 5.91 Å². The average Bonchev–Trinajstić information content (AvgIpc) is 2.50. The van der Waals surface area contributed by atoms with Crippen molar-refractivity contribution in [1.29, 1.82) is 0 Å². The summed E-state index contributed by atoms with van der Waals surface area (Å²) < 4.78 is 10.5. The summed E-state index contributed by atoms with van der Waals surface area (Å²) in [6.45, 7) is 1.66. The molecule has 0 bridgehead atoms. The fourth-order valence-corrected chi connectivity index (χ4v) is 2.22.